The Hall–Kier alpha value is -6.31. The van der Waals surface area contributed by atoms with E-state index >= 15 is 0 Å². The zero-order chi connectivity index (χ0) is 65.7. The SMILES string of the molecule is CC(C)(C)OC(=O)N1CC(CCC(Nc2cccc(S(=O)(=O)NC(=O)c3ccc(Br)nc3Cl)n2)c2cccc(C(F)(F)F)n2)CC1(C)C.CC1(C)C[C@@H](CCC(Nc2cccc(S(=O)(=O)NC(=O)c3ccc(Br)nc3Cl)n2)c2cccc(C(F)(F)F)n2)CN1. The molecule has 0 bridgehead atoms. The van der Waals surface area contributed by atoms with Crippen LogP contribution in [0, 0.1) is 11.8 Å². The molecule has 0 radical (unpaired) electrons. The number of carbonyl (C=O) groups is 3. The third-order valence-electron chi connectivity index (χ3n) is 14.0. The molecule has 0 spiro atoms. The van der Waals surface area contributed by atoms with E-state index in [0.717, 1.165) is 31.2 Å². The van der Waals surface area contributed by atoms with Crippen molar-refractivity contribution in [3.8, 4) is 0 Å². The first-order chi connectivity index (χ1) is 41.3. The summed E-state index contributed by atoms with van der Waals surface area (Å²) in [5.41, 5.74) is -3.49. The summed E-state index contributed by atoms with van der Waals surface area (Å²) < 4.78 is 143. The minimum Gasteiger partial charge on any atom is -0.444 e. The molecule has 5 N–H and O–H groups in total. The van der Waals surface area contributed by atoms with E-state index in [2.05, 4.69) is 91.6 Å². The molecule has 0 aromatic carbocycles. The number of nitrogens with zero attached hydrogens (tertiary/aromatic N) is 7. The number of hydrogen-bond donors (Lipinski definition) is 5. The van der Waals surface area contributed by atoms with E-state index < -0.39 is 95.0 Å². The quantitative estimate of drug-likeness (QED) is 0.0395. The Balaban J connectivity index is 0.000000257. The number of pyridine rings is 6. The van der Waals surface area contributed by atoms with E-state index in [1.54, 1.807) is 25.7 Å². The second-order valence-electron chi connectivity index (χ2n) is 23.3. The van der Waals surface area contributed by atoms with Gasteiger partial charge in [0.25, 0.3) is 31.9 Å². The number of amides is 3. The van der Waals surface area contributed by atoms with Gasteiger partial charge in [-0.2, -0.15) is 43.2 Å². The molecule has 4 atom stereocenters. The summed E-state index contributed by atoms with van der Waals surface area (Å²) in [7, 11) is -8.96. The number of hydrogen-bond acceptors (Lipinski definition) is 17. The van der Waals surface area contributed by atoms with Gasteiger partial charge in [-0.1, -0.05) is 47.5 Å². The van der Waals surface area contributed by atoms with Crippen LogP contribution in [0.2, 0.25) is 10.3 Å². The fraction of sp³-hybridized carbons (Fsp3) is 0.421. The van der Waals surface area contributed by atoms with Gasteiger partial charge >= 0.3 is 18.4 Å². The lowest BCUT2D eigenvalue weighted by Gasteiger charge is -2.33. The molecule has 0 aliphatic carbocycles. The van der Waals surface area contributed by atoms with Crippen molar-refractivity contribution in [1.29, 1.82) is 0 Å². The van der Waals surface area contributed by atoms with Crippen molar-refractivity contribution in [2.75, 3.05) is 23.7 Å². The predicted octanol–water partition coefficient (Wildman–Crippen LogP) is 13.1. The van der Waals surface area contributed by atoms with Crippen LogP contribution in [0.25, 0.3) is 0 Å². The molecule has 2 saturated heterocycles. The van der Waals surface area contributed by atoms with Gasteiger partial charge in [0.15, 0.2) is 10.1 Å². The Kier molecular flexibility index (Phi) is 22.1. The van der Waals surface area contributed by atoms with Crippen molar-refractivity contribution in [2.24, 2.45) is 11.8 Å². The van der Waals surface area contributed by atoms with Crippen molar-refractivity contribution in [3.05, 3.63) is 150 Å². The van der Waals surface area contributed by atoms with Gasteiger partial charge in [0.1, 0.15) is 48.1 Å². The highest BCUT2D eigenvalue weighted by molar-refractivity contribution is 9.10. The number of anilines is 2. The van der Waals surface area contributed by atoms with Crippen molar-refractivity contribution in [1.82, 2.24) is 49.6 Å². The number of sulfonamides is 2. The highest BCUT2D eigenvalue weighted by Crippen LogP contribution is 2.39. The molecule has 32 heteroatoms. The Morgan fingerprint density at radius 2 is 1.06 bits per heavy atom. The Bertz CT molecular complexity index is 3820. The van der Waals surface area contributed by atoms with Crippen molar-refractivity contribution in [3.63, 3.8) is 0 Å². The maximum atomic E-state index is 13.6. The minimum atomic E-state index is -4.69. The van der Waals surface area contributed by atoms with Crippen molar-refractivity contribution in [2.45, 2.75) is 138 Å². The molecule has 2 aliphatic rings. The van der Waals surface area contributed by atoms with E-state index in [9.17, 15) is 57.6 Å². The van der Waals surface area contributed by atoms with Crippen molar-refractivity contribution < 1.29 is 62.3 Å². The summed E-state index contributed by atoms with van der Waals surface area (Å²) in [5, 5.41) is 8.10. The van der Waals surface area contributed by atoms with Gasteiger partial charge in [0.05, 0.1) is 34.6 Å². The molecule has 8 rings (SSSR count). The number of aromatic nitrogens is 6. The fourth-order valence-electron chi connectivity index (χ4n) is 9.98. The molecule has 3 amide bonds. The number of likely N-dealkylation sites (tertiary alicyclic amines) is 1. The molecule has 2 aliphatic heterocycles. The van der Waals surface area contributed by atoms with E-state index in [1.165, 1.54) is 78.9 Å². The molecule has 6 aromatic heterocycles. The molecule has 20 nitrogen and oxygen atoms in total. The third kappa shape index (κ3) is 19.6. The predicted molar refractivity (Wildman–Crippen MR) is 327 cm³/mol. The Morgan fingerprint density at radius 1 is 0.629 bits per heavy atom. The molecular weight excluding hydrogens is 1390 g/mol. The van der Waals surface area contributed by atoms with Crippen LogP contribution < -0.4 is 25.4 Å². The smallest absolute Gasteiger partial charge is 0.433 e. The number of carbonyl (C=O) groups excluding carboxylic acids is 3. The Morgan fingerprint density at radius 3 is 1.45 bits per heavy atom. The molecule has 0 saturated carbocycles. The number of rotatable bonds is 18. The van der Waals surface area contributed by atoms with Crippen LogP contribution in [0.4, 0.5) is 42.8 Å². The van der Waals surface area contributed by atoms with E-state index in [4.69, 9.17) is 27.9 Å². The molecule has 2 fully saturated rings. The first kappa shape index (κ1) is 70.2. The standard InChI is InChI=1S/C31H35BrClF3N6O5S.C26H27BrClF3N6O3S/c1-29(2,3)47-28(44)42-17-18(16-30(42,4)5)12-14-21(20-8-6-9-22(37-20)31(34,35)36)38-24-10-7-11-25(40-24)48(45,46)41-27(43)19-13-15-23(32)39-26(19)33;1-25(2)13-15(14-32-25)9-11-18(17-5-3-6-19(33-17)26(29,30)31)34-21-7-4-8-22(36-21)41(39,40)37-24(38)16-10-12-20(27)35-23(16)28/h6-11,13,15,18,21H,12,14,16-17H2,1-5H3,(H,38,40)(H,41,43);3-8,10,12,15,18,32H,9,11,13-14H2,1-2H3,(H,34,36)(H,37,38)/t;15-,18?/m.1/s1. The molecule has 6 aromatic rings. The van der Waals surface area contributed by atoms with Gasteiger partial charge in [0.2, 0.25) is 0 Å². The highest BCUT2D eigenvalue weighted by atomic mass is 79.9. The molecule has 89 heavy (non-hydrogen) atoms. The normalized spacial score (nSPS) is 17.4. The molecular formula is C57H62Br2Cl2F6N12O8S2. The number of nitrogens with one attached hydrogen (secondary N) is 5. The van der Waals surface area contributed by atoms with Gasteiger partial charge in [0, 0.05) is 17.6 Å². The van der Waals surface area contributed by atoms with E-state index in [0.29, 0.717) is 47.4 Å². The van der Waals surface area contributed by atoms with E-state index in [-0.39, 0.29) is 62.3 Å². The van der Waals surface area contributed by atoms with Crippen molar-refractivity contribution >= 4 is 105 Å². The fourth-order valence-corrected chi connectivity index (χ4v) is 13.1. The number of halogens is 10. The lowest BCUT2D eigenvalue weighted by Crippen LogP contribution is -2.45. The average Bonchev–Trinajstić information content (AvgIpc) is 2.14. The zero-order valence-corrected chi connectivity index (χ0v) is 55.0. The zero-order valence-electron chi connectivity index (χ0n) is 48.7. The summed E-state index contributed by atoms with van der Waals surface area (Å²) in [6.45, 7) is 14.5. The summed E-state index contributed by atoms with van der Waals surface area (Å²) >= 11 is 18.2. The summed E-state index contributed by atoms with van der Waals surface area (Å²) in [6.07, 6.45) is -6.39. The second-order valence-corrected chi connectivity index (χ2v) is 28.9. The lowest BCUT2D eigenvalue weighted by molar-refractivity contribution is -0.142. The lowest BCUT2D eigenvalue weighted by atomic mass is 9.91. The highest BCUT2D eigenvalue weighted by Gasteiger charge is 2.43. The van der Waals surface area contributed by atoms with Crippen LogP contribution >= 0.6 is 55.1 Å². The monoisotopic (exact) mass is 1450 g/mol. The Labute approximate surface area is 537 Å². The maximum Gasteiger partial charge on any atom is 0.433 e. The van der Waals surface area contributed by atoms with Gasteiger partial charge < -0.3 is 25.6 Å². The van der Waals surface area contributed by atoms with Crippen LogP contribution in [0.15, 0.2) is 116 Å². The van der Waals surface area contributed by atoms with E-state index in [1.807, 2.05) is 23.3 Å². The van der Waals surface area contributed by atoms with Gasteiger partial charge in [-0.25, -0.2) is 44.1 Å². The van der Waals surface area contributed by atoms with Crippen LogP contribution in [0.3, 0.4) is 0 Å². The summed E-state index contributed by atoms with van der Waals surface area (Å²) in [6, 6.07) is 19.2. The first-order valence-electron chi connectivity index (χ1n) is 27.4. The second kappa shape index (κ2) is 28.1. The van der Waals surface area contributed by atoms with Gasteiger partial charge in [-0.15, -0.1) is 0 Å². The topological polar surface area (TPSA) is 269 Å². The van der Waals surface area contributed by atoms with Crippen LogP contribution in [0.5, 0.6) is 0 Å². The number of ether oxygens (including phenoxy) is 1. The summed E-state index contributed by atoms with van der Waals surface area (Å²) in [4.78, 5) is 63.6. The van der Waals surface area contributed by atoms with Crippen LogP contribution in [-0.2, 0) is 37.1 Å². The van der Waals surface area contributed by atoms with Gasteiger partial charge in [-0.05, 0) is 210 Å². The average molecular weight is 1450 g/mol. The van der Waals surface area contributed by atoms with Gasteiger partial charge in [-0.3, -0.25) is 9.59 Å². The van der Waals surface area contributed by atoms with Crippen LogP contribution in [-0.4, -0.2) is 99.3 Å². The minimum absolute atomic E-state index is 0.0139. The first-order valence-corrected chi connectivity index (χ1v) is 32.7. The molecule has 8 heterocycles. The maximum absolute atomic E-state index is 13.6. The number of alkyl halides is 6. The molecule has 480 valence electrons. The molecule has 3 unspecified atom stereocenters. The third-order valence-corrected chi connectivity index (χ3v) is 17.9. The van der Waals surface area contributed by atoms with Crippen LogP contribution in [0.1, 0.15) is 143 Å². The largest absolute Gasteiger partial charge is 0.444 e. The summed E-state index contributed by atoms with van der Waals surface area (Å²) in [5.74, 6) is -1.66.